The van der Waals surface area contributed by atoms with Crippen LogP contribution in [0.25, 0.3) is 10.9 Å². The smallest absolute Gasteiger partial charge is 0.184 e. The second-order valence-electron chi connectivity index (χ2n) is 2.65. The lowest BCUT2D eigenvalue weighted by Gasteiger charge is -1.97. The molecule has 0 aliphatic heterocycles. The molecule has 62 valence electrons. The lowest BCUT2D eigenvalue weighted by molar-refractivity contribution is 0.514. The monoisotopic (exact) mass is 168 g/mol. The molecule has 12 heavy (non-hydrogen) atoms. The predicted molar refractivity (Wildman–Crippen MR) is 40.7 cm³/mol. The number of H-pyrrole nitrogens is 1. The Labute approximate surface area is 67.2 Å². The molecule has 0 saturated heterocycles. The van der Waals surface area contributed by atoms with Crippen molar-refractivity contribution in [2.45, 2.75) is 6.92 Å². The average molecular weight is 168 g/mol. The number of rotatable bonds is 0. The Bertz CT molecular complexity index is 434. The van der Waals surface area contributed by atoms with Gasteiger partial charge in [0.25, 0.3) is 0 Å². The number of nitrogens with one attached hydrogen (secondary N) is 1. The number of nitrogens with zero attached hydrogens (tertiary/aromatic N) is 1. The zero-order valence-electron chi connectivity index (χ0n) is 6.36. The van der Waals surface area contributed by atoms with E-state index in [9.17, 15) is 8.78 Å². The van der Waals surface area contributed by atoms with Crippen LogP contribution in [-0.2, 0) is 0 Å². The maximum absolute atomic E-state index is 13.0. The summed E-state index contributed by atoms with van der Waals surface area (Å²) in [6, 6.07) is 1.16. The summed E-state index contributed by atoms with van der Waals surface area (Å²) < 4.78 is 25.7. The van der Waals surface area contributed by atoms with Crippen LogP contribution >= 0.6 is 0 Å². The minimum absolute atomic E-state index is 0.132. The fraction of sp³-hybridized carbons (Fsp3) is 0.125. The molecule has 4 heteroatoms. The largest absolute Gasteiger partial charge is 0.275 e. The summed E-state index contributed by atoms with van der Waals surface area (Å²) in [5, 5.41) is 6.66. The van der Waals surface area contributed by atoms with Gasteiger partial charge in [0.2, 0.25) is 0 Å². The normalized spacial score (nSPS) is 10.9. The van der Waals surface area contributed by atoms with Gasteiger partial charge in [-0.3, -0.25) is 5.10 Å². The third kappa shape index (κ3) is 0.809. The first kappa shape index (κ1) is 7.21. The number of hydrogen-bond acceptors (Lipinski definition) is 1. The van der Waals surface area contributed by atoms with E-state index in [2.05, 4.69) is 10.2 Å². The molecule has 0 aliphatic rings. The number of halogens is 2. The van der Waals surface area contributed by atoms with Crippen LogP contribution in [0.4, 0.5) is 8.78 Å². The molecule has 1 aromatic carbocycles. The van der Waals surface area contributed by atoms with Crippen molar-refractivity contribution in [3.05, 3.63) is 29.5 Å². The summed E-state index contributed by atoms with van der Waals surface area (Å²) in [6.07, 6.45) is 1.48. The predicted octanol–water partition coefficient (Wildman–Crippen LogP) is 2.15. The van der Waals surface area contributed by atoms with Crippen molar-refractivity contribution in [2.24, 2.45) is 0 Å². The van der Waals surface area contributed by atoms with E-state index in [4.69, 9.17) is 0 Å². The molecule has 0 unspecified atom stereocenters. The van der Waals surface area contributed by atoms with Crippen molar-refractivity contribution in [1.29, 1.82) is 0 Å². The van der Waals surface area contributed by atoms with Crippen molar-refractivity contribution in [3.63, 3.8) is 0 Å². The van der Waals surface area contributed by atoms with Crippen molar-refractivity contribution >= 4 is 10.9 Å². The molecular formula is C8H6F2N2. The Morgan fingerprint density at radius 2 is 2.17 bits per heavy atom. The Kier molecular flexibility index (Phi) is 1.36. The summed E-state index contributed by atoms with van der Waals surface area (Å²) in [4.78, 5) is 0. The lowest BCUT2D eigenvalue weighted by atomic mass is 10.1. The molecule has 1 aromatic heterocycles. The maximum Gasteiger partial charge on any atom is 0.184 e. The van der Waals surface area contributed by atoms with Crippen LogP contribution in [0.1, 0.15) is 5.56 Å². The second kappa shape index (κ2) is 2.27. The van der Waals surface area contributed by atoms with Crippen molar-refractivity contribution < 1.29 is 8.78 Å². The number of aromatic nitrogens is 2. The third-order valence-electron chi connectivity index (χ3n) is 1.84. The van der Waals surface area contributed by atoms with E-state index in [1.54, 1.807) is 6.92 Å². The molecule has 0 fully saturated rings. The number of fused-ring (bicyclic) bond motifs is 1. The van der Waals surface area contributed by atoms with Gasteiger partial charge in [0, 0.05) is 5.39 Å². The van der Waals surface area contributed by atoms with Crippen LogP contribution in [-0.4, -0.2) is 10.2 Å². The number of benzene rings is 1. The van der Waals surface area contributed by atoms with Crippen LogP contribution < -0.4 is 0 Å². The van der Waals surface area contributed by atoms with Gasteiger partial charge in [-0.05, 0) is 18.6 Å². The van der Waals surface area contributed by atoms with Crippen LogP contribution in [0.5, 0.6) is 0 Å². The van der Waals surface area contributed by atoms with Crippen molar-refractivity contribution in [1.82, 2.24) is 10.2 Å². The Balaban J connectivity index is 2.97. The van der Waals surface area contributed by atoms with Crippen molar-refractivity contribution in [3.8, 4) is 0 Å². The fourth-order valence-corrected chi connectivity index (χ4v) is 1.20. The summed E-state index contributed by atoms with van der Waals surface area (Å²) in [6.45, 7) is 1.71. The van der Waals surface area contributed by atoms with Gasteiger partial charge in [-0.1, -0.05) is 0 Å². The highest BCUT2D eigenvalue weighted by molar-refractivity contribution is 5.81. The molecule has 0 bridgehead atoms. The molecule has 2 rings (SSSR count). The molecule has 0 spiro atoms. The second-order valence-corrected chi connectivity index (χ2v) is 2.65. The molecule has 0 saturated carbocycles. The minimum Gasteiger partial charge on any atom is -0.275 e. The fourth-order valence-electron chi connectivity index (χ4n) is 1.20. The molecular weight excluding hydrogens is 162 g/mol. The first-order chi connectivity index (χ1) is 5.70. The molecule has 2 aromatic rings. The van der Waals surface area contributed by atoms with Crippen LogP contribution in [0, 0.1) is 18.6 Å². The van der Waals surface area contributed by atoms with Crippen LogP contribution in [0.2, 0.25) is 0 Å². The lowest BCUT2D eigenvalue weighted by Crippen LogP contribution is -1.87. The van der Waals surface area contributed by atoms with E-state index >= 15 is 0 Å². The van der Waals surface area contributed by atoms with Gasteiger partial charge in [0.1, 0.15) is 5.52 Å². The van der Waals surface area contributed by atoms with Gasteiger partial charge in [0.15, 0.2) is 11.6 Å². The quantitative estimate of drug-likeness (QED) is 0.641. The van der Waals surface area contributed by atoms with Gasteiger partial charge in [-0.2, -0.15) is 5.10 Å². The highest BCUT2D eigenvalue weighted by Crippen LogP contribution is 2.21. The van der Waals surface area contributed by atoms with Crippen LogP contribution in [0.15, 0.2) is 12.3 Å². The molecule has 1 heterocycles. The van der Waals surface area contributed by atoms with Crippen LogP contribution in [0.3, 0.4) is 0 Å². The first-order valence-corrected chi connectivity index (χ1v) is 3.48. The highest BCUT2D eigenvalue weighted by atomic mass is 19.2. The van der Waals surface area contributed by atoms with E-state index in [1.807, 2.05) is 0 Å². The van der Waals surface area contributed by atoms with E-state index in [0.717, 1.165) is 6.07 Å². The SMILES string of the molecule is Cc1cc(F)c(F)c2[nH]ncc12. The Hall–Kier alpha value is -1.45. The molecule has 0 radical (unpaired) electrons. The van der Waals surface area contributed by atoms with Gasteiger partial charge in [0.05, 0.1) is 6.20 Å². The average Bonchev–Trinajstić information content (AvgIpc) is 2.48. The highest BCUT2D eigenvalue weighted by Gasteiger charge is 2.10. The molecule has 1 N–H and O–H groups in total. The zero-order chi connectivity index (χ0) is 8.72. The van der Waals surface area contributed by atoms with Gasteiger partial charge in [-0.25, -0.2) is 8.78 Å². The number of hydrogen-bond donors (Lipinski definition) is 1. The van der Waals surface area contributed by atoms with Gasteiger partial charge in [-0.15, -0.1) is 0 Å². The van der Waals surface area contributed by atoms with E-state index in [0.29, 0.717) is 10.9 Å². The first-order valence-electron chi connectivity index (χ1n) is 3.48. The van der Waals surface area contributed by atoms with E-state index in [-0.39, 0.29) is 5.52 Å². The summed E-state index contributed by atoms with van der Waals surface area (Å²) in [5.74, 6) is -1.71. The summed E-state index contributed by atoms with van der Waals surface area (Å²) in [5.41, 5.74) is 0.810. The third-order valence-corrected chi connectivity index (χ3v) is 1.84. The number of aryl methyl sites for hydroxylation is 1. The standard InChI is InChI=1S/C8H6F2N2/c1-4-2-6(9)7(10)8-5(4)3-11-12-8/h2-3H,1H3,(H,11,12). The zero-order valence-corrected chi connectivity index (χ0v) is 6.36. The van der Waals surface area contributed by atoms with Gasteiger partial charge < -0.3 is 0 Å². The Morgan fingerprint density at radius 3 is 2.92 bits per heavy atom. The molecule has 0 atom stereocenters. The Morgan fingerprint density at radius 1 is 1.42 bits per heavy atom. The maximum atomic E-state index is 13.0. The van der Waals surface area contributed by atoms with Gasteiger partial charge >= 0.3 is 0 Å². The minimum atomic E-state index is -0.867. The summed E-state index contributed by atoms with van der Waals surface area (Å²) >= 11 is 0. The molecule has 0 aliphatic carbocycles. The van der Waals surface area contributed by atoms with E-state index < -0.39 is 11.6 Å². The molecule has 0 amide bonds. The van der Waals surface area contributed by atoms with Crippen molar-refractivity contribution in [2.75, 3.05) is 0 Å². The summed E-state index contributed by atoms with van der Waals surface area (Å²) in [7, 11) is 0. The van der Waals surface area contributed by atoms with E-state index in [1.165, 1.54) is 6.20 Å². The molecule has 2 nitrogen and oxygen atoms in total. The number of aromatic amines is 1. The topological polar surface area (TPSA) is 28.7 Å².